The first-order valence-electron chi connectivity index (χ1n) is 10.9. The molecule has 0 atom stereocenters. The molecule has 1 spiro atoms. The molecule has 2 aliphatic rings. The smallest absolute Gasteiger partial charge is 0.258 e. The zero-order valence-electron chi connectivity index (χ0n) is 17.6. The van der Waals surface area contributed by atoms with Crippen LogP contribution in [-0.4, -0.2) is 25.6 Å². The van der Waals surface area contributed by atoms with Gasteiger partial charge in [-0.2, -0.15) is 0 Å². The van der Waals surface area contributed by atoms with Crippen molar-refractivity contribution in [1.82, 2.24) is 5.32 Å². The number of nitrogens with one attached hydrogen (secondary N) is 1. The summed E-state index contributed by atoms with van der Waals surface area (Å²) in [4.78, 5) is 15.4. The van der Waals surface area contributed by atoms with Crippen LogP contribution in [0.1, 0.15) is 34.3 Å². The number of rotatable bonds is 4. The van der Waals surface area contributed by atoms with Crippen LogP contribution in [0.2, 0.25) is 10.0 Å². The highest BCUT2D eigenvalue weighted by atomic mass is 35.5. The summed E-state index contributed by atoms with van der Waals surface area (Å²) in [5, 5.41) is 4.30. The third-order valence-electron chi connectivity index (χ3n) is 6.50. The second-order valence-corrected chi connectivity index (χ2v) is 9.29. The Morgan fingerprint density at radius 2 is 1.69 bits per heavy atom. The fraction of sp³-hybridized carbons (Fsp3) is 0.269. The van der Waals surface area contributed by atoms with E-state index in [2.05, 4.69) is 11.4 Å². The van der Waals surface area contributed by atoms with Crippen molar-refractivity contribution in [3.8, 4) is 5.75 Å². The van der Waals surface area contributed by atoms with Crippen molar-refractivity contribution in [2.75, 3.05) is 24.6 Å². The number of anilines is 1. The first kappa shape index (κ1) is 21.3. The van der Waals surface area contributed by atoms with Gasteiger partial charge < -0.3 is 15.0 Å². The van der Waals surface area contributed by atoms with E-state index in [1.807, 2.05) is 42.5 Å². The number of carbonyl (C=O) groups is 1. The van der Waals surface area contributed by atoms with Gasteiger partial charge in [0.15, 0.2) is 0 Å². The third-order valence-corrected chi connectivity index (χ3v) is 7.11. The van der Waals surface area contributed by atoms with Crippen LogP contribution in [0.15, 0.2) is 66.7 Å². The Bertz CT molecular complexity index is 1120. The first-order chi connectivity index (χ1) is 15.6. The van der Waals surface area contributed by atoms with Crippen molar-refractivity contribution in [2.24, 2.45) is 0 Å². The van der Waals surface area contributed by atoms with Crippen LogP contribution in [-0.2, 0) is 12.0 Å². The standard InChI is InChI=1S/C26H24Cl2N2O2/c27-21-7-4-8-22(28)24(21)30(16-18-5-2-1-3-6-18)25(31)19-9-10-20-23(15-19)32-17-26(20)11-13-29-14-12-26/h1-10,15,29H,11-14,16-17H2. The van der Waals surface area contributed by atoms with E-state index < -0.39 is 0 Å². The monoisotopic (exact) mass is 466 g/mol. The maximum atomic E-state index is 13.8. The molecule has 0 unspecified atom stereocenters. The number of hydrogen-bond acceptors (Lipinski definition) is 3. The number of hydrogen-bond donors (Lipinski definition) is 1. The van der Waals surface area contributed by atoms with Crippen LogP contribution in [0, 0.1) is 0 Å². The Hall–Kier alpha value is -2.53. The van der Waals surface area contributed by atoms with Gasteiger partial charge in [0, 0.05) is 16.5 Å². The van der Waals surface area contributed by atoms with Crippen LogP contribution in [0.4, 0.5) is 5.69 Å². The summed E-state index contributed by atoms with van der Waals surface area (Å²) in [5.41, 5.74) is 3.32. The van der Waals surface area contributed by atoms with Crippen molar-refractivity contribution in [2.45, 2.75) is 24.8 Å². The van der Waals surface area contributed by atoms with Gasteiger partial charge in [-0.3, -0.25) is 4.79 Å². The van der Waals surface area contributed by atoms with Crippen molar-refractivity contribution in [3.05, 3.63) is 93.5 Å². The zero-order chi connectivity index (χ0) is 22.1. The lowest BCUT2D eigenvalue weighted by Gasteiger charge is -2.32. The van der Waals surface area contributed by atoms with Gasteiger partial charge >= 0.3 is 0 Å². The van der Waals surface area contributed by atoms with E-state index in [0.717, 1.165) is 37.2 Å². The number of para-hydroxylation sites is 1. The van der Waals surface area contributed by atoms with Gasteiger partial charge in [-0.25, -0.2) is 0 Å². The molecule has 0 radical (unpaired) electrons. The van der Waals surface area contributed by atoms with E-state index in [1.54, 1.807) is 23.1 Å². The second-order valence-electron chi connectivity index (χ2n) is 8.48. The normalized spacial score (nSPS) is 16.4. The molecule has 0 aliphatic carbocycles. The molecule has 1 fully saturated rings. The number of nitrogens with zero attached hydrogens (tertiary/aromatic N) is 1. The van der Waals surface area contributed by atoms with Crippen LogP contribution >= 0.6 is 23.2 Å². The predicted octanol–water partition coefficient (Wildman–Crippen LogP) is 5.85. The molecule has 3 aromatic rings. The summed E-state index contributed by atoms with van der Waals surface area (Å²) in [7, 11) is 0. The molecule has 1 saturated heterocycles. The molecule has 0 saturated carbocycles. The van der Waals surface area contributed by atoms with Gasteiger partial charge in [0.25, 0.3) is 5.91 Å². The number of carbonyl (C=O) groups excluding carboxylic acids is 1. The largest absolute Gasteiger partial charge is 0.492 e. The molecule has 0 aromatic heterocycles. The predicted molar refractivity (Wildman–Crippen MR) is 129 cm³/mol. The molecule has 5 rings (SSSR count). The Balaban J connectivity index is 1.52. The number of fused-ring (bicyclic) bond motifs is 2. The number of ether oxygens (including phenoxy) is 1. The van der Waals surface area contributed by atoms with Gasteiger partial charge in [-0.1, -0.05) is 65.7 Å². The molecule has 1 amide bonds. The summed E-state index contributed by atoms with van der Waals surface area (Å²) < 4.78 is 6.08. The fourth-order valence-corrected chi connectivity index (χ4v) is 5.35. The fourth-order valence-electron chi connectivity index (χ4n) is 4.75. The highest BCUT2D eigenvalue weighted by Gasteiger charge is 2.41. The van der Waals surface area contributed by atoms with E-state index >= 15 is 0 Å². The number of piperidine rings is 1. The van der Waals surface area contributed by atoms with Gasteiger partial charge in [-0.15, -0.1) is 0 Å². The van der Waals surface area contributed by atoms with Crippen LogP contribution < -0.4 is 15.0 Å². The molecule has 4 nitrogen and oxygen atoms in total. The summed E-state index contributed by atoms with van der Waals surface area (Å²) in [6, 6.07) is 20.9. The zero-order valence-corrected chi connectivity index (χ0v) is 19.1. The molecule has 2 heterocycles. The van der Waals surface area contributed by atoms with Crippen molar-refractivity contribution < 1.29 is 9.53 Å². The molecule has 1 N–H and O–H groups in total. The summed E-state index contributed by atoms with van der Waals surface area (Å²) in [6.07, 6.45) is 2.09. The highest BCUT2D eigenvalue weighted by molar-refractivity contribution is 6.40. The summed E-state index contributed by atoms with van der Waals surface area (Å²) >= 11 is 13.0. The first-order valence-corrected chi connectivity index (χ1v) is 11.6. The highest BCUT2D eigenvalue weighted by Crippen LogP contribution is 2.45. The van der Waals surface area contributed by atoms with Gasteiger partial charge in [-0.05, 0) is 55.8 Å². The average Bonchev–Trinajstić information content (AvgIpc) is 3.16. The topological polar surface area (TPSA) is 41.6 Å². The molecule has 164 valence electrons. The van der Waals surface area contributed by atoms with E-state index in [1.165, 1.54) is 5.56 Å². The van der Waals surface area contributed by atoms with Crippen molar-refractivity contribution >= 4 is 34.8 Å². The molecular formula is C26H24Cl2N2O2. The molecular weight excluding hydrogens is 443 g/mol. The van der Waals surface area contributed by atoms with Crippen LogP contribution in [0.3, 0.4) is 0 Å². The number of benzene rings is 3. The maximum Gasteiger partial charge on any atom is 0.258 e. The molecule has 32 heavy (non-hydrogen) atoms. The second kappa shape index (κ2) is 8.78. The lowest BCUT2D eigenvalue weighted by atomic mass is 9.75. The quantitative estimate of drug-likeness (QED) is 0.523. The third kappa shape index (κ3) is 3.88. The number of halogens is 2. The molecule has 6 heteroatoms. The van der Waals surface area contributed by atoms with Gasteiger partial charge in [0.05, 0.1) is 28.9 Å². The Morgan fingerprint density at radius 1 is 0.969 bits per heavy atom. The SMILES string of the molecule is O=C(c1ccc2c(c1)OCC21CCNCC1)N(Cc1ccccc1)c1c(Cl)cccc1Cl. The van der Waals surface area contributed by atoms with E-state index in [9.17, 15) is 4.79 Å². The van der Waals surface area contributed by atoms with Crippen molar-refractivity contribution in [3.63, 3.8) is 0 Å². The number of amides is 1. The molecule has 3 aromatic carbocycles. The average molecular weight is 467 g/mol. The van der Waals surface area contributed by atoms with Crippen molar-refractivity contribution in [1.29, 1.82) is 0 Å². The van der Waals surface area contributed by atoms with Gasteiger partial charge in [0.1, 0.15) is 5.75 Å². The van der Waals surface area contributed by atoms with Crippen LogP contribution in [0.25, 0.3) is 0 Å². The van der Waals surface area contributed by atoms with E-state index in [-0.39, 0.29) is 11.3 Å². The Morgan fingerprint density at radius 3 is 2.41 bits per heavy atom. The molecule has 2 aliphatic heterocycles. The minimum absolute atomic E-state index is 0.0535. The minimum atomic E-state index is -0.165. The lowest BCUT2D eigenvalue weighted by molar-refractivity contribution is 0.0985. The lowest BCUT2D eigenvalue weighted by Crippen LogP contribution is -2.40. The van der Waals surface area contributed by atoms with E-state index in [4.69, 9.17) is 27.9 Å². The van der Waals surface area contributed by atoms with Gasteiger partial charge in [0.2, 0.25) is 0 Å². The Labute approximate surface area is 198 Å². The summed E-state index contributed by atoms with van der Waals surface area (Å²) in [5.74, 6) is 0.643. The maximum absolute atomic E-state index is 13.8. The molecule has 0 bridgehead atoms. The van der Waals surface area contributed by atoms with E-state index in [0.29, 0.717) is 34.4 Å². The Kier molecular flexibility index (Phi) is 5.85. The van der Waals surface area contributed by atoms with Crippen LogP contribution in [0.5, 0.6) is 5.75 Å². The summed E-state index contributed by atoms with van der Waals surface area (Å²) in [6.45, 7) is 3.00. The minimum Gasteiger partial charge on any atom is -0.492 e.